The molecule has 0 bridgehead atoms. The van der Waals surface area contributed by atoms with Crippen LogP contribution in [0.15, 0.2) is 47.2 Å². The summed E-state index contributed by atoms with van der Waals surface area (Å²) in [6.45, 7) is 3.67. The molecular weight excluding hydrogens is 374 g/mol. The highest BCUT2D eigenvalue weighted by molar-refractivity contribution is 5.71. The van der Waals surface area contributed by atoms with E-state index < -0.39 is 0 Å². The van der Waals surface area contributed by atoms with E-state index in [-0.39, 0.29) is 6.61 Å². The zero-order chi connectivity index (χ0) is 20.1. The maximum absolute atomic E-state index is 5.83. The lowest BCUT2D eigenvalue weighted by Crippen LogP contribution is -2.04. The van der Waals surface area contributed by atoms with Crippen molar-refractivity contribution in [3.8, 4) is 28.4 Å². The van der Waals surface area contributed by atoms with Gasteiger partial charge in [-0.3, -0.25) is 0 Å². The summed E-state index contributed by atoms with van der Waals surface area (Å²) >= 11 is 0. The molecule has 0 aliphatic carbocycles. The van der Waals surface area contributed by atoms with Crippen LogP contribution in [-0.4, -0.2) is 51.7 Å². The van der Waals surface area contributed by atoms with E-state index in [4.69, 9.17) is 18.7 Å². The van der Waals surface area contributed by atoms with Crippen LogP contribution in [0.4, 0.5) is 0 Å². The first-order valence-corrected chi connectivity index (χ1v) is 9.25. The zero-order valence-electron chi connectivity index (χ0n) is 16.2. The van der Waals surface area contributed by atoms with Crippen molar-refractivity contribution in [2.24, 2.45) is 0 Å². The van der Waals surface area contributed by atoms with E-state index in [2.05, 4.69) is 20.2 Å². The van der Waals surface area contributed by atoms with Crippen molar-refractivity contribution in [3.05, 3.63) is 48.6 Å². The molecular formula is C20H21N5O4. The van der Waals surface area contributed by atoms with Crippen molar-refractivity contribution < 1.29 is 18.7 Å². The Kier molecular flexibility index (Phi) is 5.78. The SMILES string of the molecule is CCOCc1nc(-c2cc(OCCOC)cc(-c3cn4ncccc4n3)c2)no1. The molecule has 0 spiro atoms. The van der Waals surface area contributed by atoms with E-state index in [0.29, 0.717) is 37.3 Å². The van der Waals surface area contributed by atoms with E-state index in [1.54, 1.807) is 17.8 Å². The fraction of sp³-hybridized carbons (Fsp3) is 0.300. The molecule has 0 fully saturated rings. The summed E-state index contributed by atoms with van der Waals surface area (Å²) in [6.07, 6.45) is 3.58. The van der Waals surface area contributed by atoms with E-state index in [9.17, 15) is 0 Å². The maximum Gasteiger partial charge on any atom is 0.252 e. The molecule has 9 nitrogen and oxygen atoms in total. The maximum atomic E-state index is 5.83. The lowest BCUT2D eigenvalue weighted by molar-refractivity contribution is 0.109. The zero-order valence-corrected chi connectivity index (χ0v) is 16.2. The van der Waals surface area contributed by atoms with Crippen LogP contribution in [0.3, 0.4) is 0 Å². The number of methoxy groups -OCH3 is 1. The fourth-order valence-electron chi connectivity index (χ4n) is 2.79. The molecule has 4 rings (SSSR count). The van der Waals surface area contributed by atoms with Crippen LogP contribution in [0.25, 0.3) is 28.3 Å². The number of rotatable bonds is 9. The molecule has 29 heavy (non-hydrogen) atoms. The molecule has 4 aromatic rings. The van der Waals surface area contributed by atoms with Gasteiger partial charge >= 0.3 is 0 Å². The second-order valence-electron chi connectivity index (χ2n) is 6.19. The van der Waals surface area contributed by atoms with Crippen molar-refractivity contribution in [3.63, 3.8) is 0 Å². The van der Waals surface area contributed by atoms with Gasteiger partial charge < -0.3 is 18.7 Å². The predicted molar refractivity (Wildman–Crippen MR) is 104 cm³/mol. The highest BCUT2D eigenvalue weighted by Gasteiger charge is 2.14. The molecule has 0 unspecified atom stereocenters. The summed E-state index contributed by atoms with van der Waals surface area (Å²) in [5.74, 6) is 1.54. The number of fused-ring (bicyclic) bond motifs is 1. The monoisotopic (exact) mass is 395 g/mol. The lowest BCUT2D eigenvalue weighted by atomic mass is 10.1. The van der Waals surface area contributed by atoms with E-state index >= 15 is 0 Å². The van der Waals surface area contributed by atoms with Crippen LogP contribution in [-0.2, 0) is 16.1 Å². The van der Waals surface area contributed by atoms with Gasteiger partial charge in [-0.1, -0.05) is 5.16 Å². The molecule has 1 aromatic carbocycles. The van der Waals surface area contributed by atoms with Gasteiger partial charge in [0.05, 0.1) is 18.5 Å². The van der Waals surface area contributed by atoms with E-state index in [0.717, 1.165) is 22.5 Å². The highest BCUT2D eigenvalue weighted by Crippen LogP contribution is 2.30. The van der Waals surface area contributed by atoms with Crippen molar-refractivity contribution >= 4 is 5.65 Å². The second-order valence-corrected chi connectivity index (χ2v) is 6.19. The van der Waals surface area contributed by atoms with Crippen molar-refractivity contribution in [1.29, 1.82) is 0 Å². The van der Waals surface area contributed by atoms with Gasteiger partial charge in [-0.15, -0.1) is 0 Å². The first kappa shape index (κ1) is 19.0. The average molecular weight is 395 g/mol. The molecule has 3 aromatic heterocycles. The number of aromatic nitrogens is 5. The largest absolute Gasteiger partial charge is 0.491 e. The summed E-state index contributed by atoms with van der Waals surface area (Å²) in [4.78, 5) is 9.05. The van der Waals surface area contributed by atoms with Crippen LogP contribution in [0.1, 0.15) is 12.8 Å². The molecule has 0 aliphatic rings. The third-order valence-electron chi connectivity index (χ3n) is 4.15. The molecule has 0 N–H and O–H groups in total. The minimum absolute atomic E-state index is 0.276. The number of hydrogen-bond acceptors (Lipinski definition) is 8. The first-order chi connectivity index (χ1) is 14.3. The molecule has 0 amide bonds. The van der Waals surface area contributed by atoms with Crippen LogP contribution in [0, 0.1) is 0 Å². The first-order valence-electron chi connectivity index (χ1n) is 9.25. The standard InChI is InChI=1S/C20H21N5O4/c1-3-27-13-19-23-20(24-29-19)15-9-14(10-16(11-15)28-8-7-26-2)17-12-25-18(22-17)5-4-6-21-25/h4-6,9-12H,3,7-8,13H2,1-2H3. The molecule has 9 heteroatoms. The van der Waals surface area contributed by atoms with Gasteiger partial charge in [0.2, 0.25) is 5.82 Å². The predicted octanol–water partition coefficient (Wildman–Crippen LogP) is 3.01. The Bertz CT molecular complexity index is 1060. The second kappa shape index (κ2) is 8.80. The number of nitrogens with zero attached hydrogens (tertiary/aromatic N) is 5. The van der Waals surface area contributed by atoms with Gasteiger partial charge in [0, 0.05) is 31.0 Å². The summed E-state index contributed by atoms with van der Waals surface area (Å²) in [5, 5.41) is 8.35. The van der Waals surface area contributed by atoms with Crippen molar-refractivity contribution in [1.82, 2.24) is 24.7 Å². The van der Waals surface area contributed by atoms with Crippen LogP contribution >= 0.6 is 0 Å². The molecule has 0 saturated carbocycles. The van der Waals surface area contributed by atoms with Crippen molar-refractivity contribution in [2.45, 2.75) is 13.5 Å². The Morgan fingerprint density at radius 1 is 1.10 bits per heavy atom. The van der Waals surface area contributed by atoms with Gasteiger partial charge in [0.1, 0.15) is 19.0 Å². The smallest absolute Gasteiger partial charge is 0.252 e. The van der Waals surface area contributed by atoms with Gasteiger partial charge in [-0.2, -0.15) is 10.1 Å². The lowest BCUT2D eigenvalue weighted by Gasteiger charge is -2.09. The van der Waals surface area contributed by atoms with Gasteiger partial charge in [-0.05, 0) is 37.3 Å². The number of imidazole rings is 1. The topological polar surface area (TPSA) is 96.8 Å². The summed E-state index contributed by atoms with van der Waals surface area (Å²) in [7, 11) is 1.63. The summed E-state index contributed by atoms with van der Waals surface area (Å²) in [5.41, 5.74) is 3.14. The van der Waals surface area contributed by atoms with Crippen LogP contribution < -0.4 is 4.74 Å². The quantitative estimate of drug-likeness (QED) is 0.399. The van der Waals surface area contributed by atoms with Crippen molar-refractivity contribution in [2.75, 3.05) is 26.9 Å². The third-order valence-corrected chi connectivity index (χ3v) is 4.15. The molecule has 0 radical (unpaired) electrons. The summed E-state index contributed by atoms with van der Waals surface area (Å²) in [6, 6.07) is 9.47. The van der Waals surface area contributed by atoms with Gasteiger partial charge in [-0.25, -0.2) is 9.50 Å². The molecule has 0 atom stereocenters. The Balaban J connectivity index is 1.71. The number of benzene rings is 1. The normalized spacial score (nSPS) is 11.2. The highest BCUT2D eigenvalue weighted by atomic mass is 16.5. The van der Waals surface area contributed by atoms with Gasteiger partial charge in [0.15, 0.2) is 5.65 Å². The van der Waals surface area contributed by atoms with E-state index in [1.807, 2.05) is 43.5 Å². The summed E-state index contributed by atoms with van der Waals surface area (Å²) < 4.78 is 23.2. The number of hydrogen-bond donors (Lipinski definition) is 0. The molecule has 150 valence electrons. The third kappa shape index (κ3) is 4.41. The molecule has 0 saturated heterocycles. The van der Waals surface area contributed by atoms with Crippen LogP contribution in [0.5, 0.6) is 5.75 Å². The minimum atomic E-state index is 0.276. The Morgan fingerprint density at radius 3 is 2.83 bits per heavy atom. The van der Waals surface area contributed by atoms with Crippen LogP contribution in [0.2, 0.25) is 0 Å². The molecule has 3 heterocycles. The molecule has 0 aliphatic heterocycles. The van der Waals surface area contributed by atoms with E-state index in [1.165, 1.54) is 0 Å². The Labute approximate surface area is 167 Å². The number of ether oxygens (including phenoxy) is 3. The minimum Gasteiger partial charge on any atom is -0.491 e. The Hall–Kier alpha value is -3.30. The van der Waals surface area contributed by atoms with Gasteiger partial charge in [0.25, 0.3) is 5.89 Å². The fourth-order valence-corrected chi connectivity index (χ4v) is 2.79. The Morgan fingerprint density at radius 2 is 2.00 bits per heavy atom. The average Bonchev–Trinajstić information content (AvgIpc) is 3.39.